The number of nitrogens with zero attached hydrogens (tertiary/aromatic N) is 2. The summed E-state index contributed by atoms with van der Waals surface area (Å²) in [5.74, 6) is 2.00. The molecule has 6 heteroatoms. The maximum Gasteiger partial charge on any atom is 0.213 e. The normalized spacial score (nSPS) is 12.7. The van der Waals surface area contributed by atoms with Crippen molar-refractivity contribution in [2.45, 2.75) is 26.8 Å². The fourth-order valence-electron chi connectivity index (χ4n) is 2.29. The molecule has 2 N–H and O–H groups in total. The van der Waals surface area contributed by atoms with Crippen LogP contribution in [0.1, 0.15) is 24.3 Å². The number of nitrogens with one attached hydrogen (secondary N) is 2. The zero-order valence-electron chi connectivity index (χ0n) is 14.6. The van der Waals surface area contributed by atoms with Crippen LogP contribution >= 0.6 is 11.3 Å². The SMILES string of the molecule is CCNC(=NCc1ccnc(OC)c1)NCC(C)Cc1cccs1. The van der Waals surface area contributed by atoms with E-state index in [2.05, 4.69) is 52.0 Å². The molecule has 2 rings (SSSR count). The van der Waals surface area contributed by atoms with Crippen LogP contribution in [0.25, 0.3) is 0 Å². The van der Waals surface area contributed by atoms with Crippen LogP contribution in [0.5, 0.6) is 5.88 Å². The Morgan fingerprint density at radius 2 is 2.25 bits per heavy atom. The standard InChI is InChI=1S/C18H26N4OS/c1-4-19-18(21-12-14(2)10-16-6-5-9-24-16)22-13-15-7-8-20-17(11-15)23-3/h5-9,11,14H,4,10,12-13H2,1-3H3,(H2,19,21,22). The average molecular weight is 347 g/mol. The highest BCUT2D eigenvalue weighted by atomic mass is 32.1. The van der Waals surface area contributed by atoms with Crippen LogP contribution in [0.3, 0.4) is 0 Å². The van der Waals surface area contributed by atoms with Crippen LogP contribution in [0.4, 0.5) is 0 Å². The zero-order valence-corrected chi connectivity index (χ0v) is 15.4. The first-order chi connectivity index (χ1) is 11.7. The van der Waals surface area contributed by atoms with Crippen LogP contribution in [0, 0.1) is 5.92 Å². The molecule has 1 unspecified atom stereocenters. The largest absolute Gasteiger partial charge is 0.481 e. The Bertz CT molecular complexity index is 628. The molecule has 24 heavy (non-hydrogen) atoms. The molecule has 0 aromatic carbocycles. The lowest BCUT2D eigenvalue weighted by Gasteiger charge is -2.15. The van der Waals surface area contributed by atoms with Crippen LogP contribution in [-0.2, 0) is 13.0 Å². The molecule has 2 aromatic heterocycles. The second-order valence-electron chi connectivity index (χ2n) is 5.67. The Morgan fingerprint density at radius 3 is 2.96 bits per heavy atom. The van der Waals surface area contributed by atoms with Crippen molar-refractivity contribution in [3.05, 3.63) is 46.3 Å². The number of thiophene rings is 1. The van der Waals surface area contributed by atoms with Gasteiger partial charge in [0.25, 0.3) is 0 Å². The molecule has 0 aliphatic rings. The third kappa shape index (κ3) is 6.20. The number of guanidine groups is 1. The smallest absolute Gasteiger partial charge is 0.213 e. The fourth-order valence-corrected chi connectivity index (χ4v) is 3.16. The summed E-state index contributed by atoms with van der Waals surface area (Å²) in [7, 11) is 1.62. The summed E-state index contributed by atoms with van der Waals surface area (Å²) in [5, 5.41) is 8.85. The van der Waals surface area contributed by atoms with Gasteiger partial charge in [0.1, 0.15) is 0 Å². The molecule has 0 saturated heterocycles. The molecule has 130 valence electrons. The average Bonchev–Trinajstić information content (AvgIpc) is 3.10. The molecule has 0 spiro atoms. The molecule has 0 bridgehead atoms. The molecule has 2 aromatic rings. The van der Waals surface area contributed by atoms with Gasteiger partial charge in [-0.25, -0.2) is 9.98 Å². The van der Waals surface area contributed by atoms with E-state index in [0.29, 0.717) is 18.3 Å². The monoisotopic (exact) mass is 346 g/mol. The lowest BCUT2D eigenvalue weighted by Crippen LogP contribution is -2.39. The molecule has 2 heterocycles. The second kappa shape index (κ2) is 9.93. The lowest BCUT2D eigenvalue weighted by atomic mass is 10.1. The van der Waals surface area contributed by atoms with E-state index in [1.165, 1.54) is 4.88 Å². The first kappa shape index (κ1) is 18.3. The van der Waals surface area contributed by atoms with Gasteiger partial charge in [-0.1, -0.05) is 13.0 Å². The number of pyridine rings is 1. The molecule has 0 fully saturated rings. The van der Waals surface area contributed by atoms with E-state index >= 15 is 0 Å². The van der Waals surface area contributed by atoms with Gasteiger partial charge in [0.15, 0.2) is 5.96 Å². The van der Waals surface area contributed by atoms with Gasteiger partial charge in [-0.15, -0.1) is 11.3 Å². The molecule has 5 nitrogen and oxygen atoms in total. The van der Waals surface area contributed by atoms with E-state index in [1.807, 2.05) is 23.5 Å². The van der Waals surface area contributed by atoms with E-state index in [1.54, 1.807) is 13.3 Å². The fraction of sp³-hybridized carbons (Fsp3) is 0.444. The first-order valence-electron chi connectivity index (χ1n) is 8.24. The van der Waals surface area contributed by atoms with E-state index in [9.17, 15) is 0 Å². The highest BCUT2D eigenvalue weighted by Gasteiger charge is 2.06. The molecular formula is C18H26N4OS. The van der Waals surface area contributed by atoms with Crippen LogP contribution in [0.2, 0.25) is 0 Å². The number of ether oxygens (including phenoxy) is 1. The van der Waals surface area contributed by atoms with Gasteiger partial charge in [-0.3, -0.25) is 0 Å². The second-order valence-corrected chi connectivity index (χ2v) is 6.70. The van der Waals surface area contributed by atoms with Crippen molar-refractivity contribution in [1.29, 1.82) is 0 Å². The maximum absolute atomic E-state index is 5.15. The number of aromatic nitrogens is 1. The molecular weight excluding hydrogens is 320 g/mol. The van der Waals surface area contributed by atoms with Crippen molar-refractivity contribution in [1.82, 2.24) is 15.6 Å². The van der Waals surface area contributed by atoms with Crippen molar-refractivity contribution in [3.8, 4) is 5.88 Å². The minimum atomic E-state index is 0.550. The van der Waals surface area contributed by atoms with Crippen molar-refractivity contribution in [3.63, 3.8) is 0 Å². The summed E-state index contributed by atoms with van der Waals surface area (Å²) in [6, 6.07) is 8.16. The third-order valence-electron chi connectivity index (χ3n) is 3.52. The van der Waals surface area contributed by atoms with Crippen LogP contribution in [-0.4, -0.2) is 31.1 Å². The topological polar surface area (TPSA) is 58.5 Å². The quantitative estimate of drug-likeness (QED) is 0.570. The van der Waals surface area contributed by atoms with Crippen molar-refractivity contribution in [2.75, 3.05) is 20.2 Å². The predicted molar refractivity (Wildman–Crippen MR) is 101 cm³/mol. The molecule has 0 aliphatic heterocycles. The summed E-state index contributed by atoms with van der Waals surface area (Å²) in [6.07, 6.45) is 2.83. The Hall–Kier alpha value is -2.08. The summed E-state index contributed by atoms with van der Waals surface area (Å²) in [6.45, 7) is 6.65. The van der Waals surface area contributed by atoms with E-state index in [0.717, 1.165) is 31.0 Å². The summed E-state index contributed by atoms with van der Waals surface area (Å²) in [4.78, 5) is 10.2. The number of hydrogen-bond acceptors (Lipinski definition) is 4. The summed E-state index contributed by atoms with van der Waals surface area (Å²) >= 11 is 1.82. The molecule has 0 amide bonds. The van der Waals surface area contributed by atoms with Gasteiger partial charge >= 0.3 is 0 Å². The van der Waals surface area contributed by atoms with Crippen molar-refractivity contribution >= 4 is 17.3 Å². The highest BCUT2D eigenvalue weighted by Crippen LogP contribution is 2.14. The summed E-state index contributed by atoms with van der Waals surface area (Å²) < 4.78 is 5.15. The van der Waals surface area contributed by atoms with Gasteiger partial charge in [0.2, 0.25) is 5.88 Å². The number of hydrogen-bond donors (Lipinski definition) is 2. The minimum absolute atomic E-state index is 0.550. The Kier molecular flexibility index (Phi) is 7.55. The molecule has 1 atom stereocenters. The van der Waals surface area contributed by atoms with Crippen molar-refractivity contribution in [2.24, 2.45) is 10.9 Å². The summed E-state index contributed by atoms with van der Waals surface area (Å²) in [5.41, 5.74) is 1.07. The molecule has 0 aliphatic carbocycles. The predicted octanol–water partition coefficient (Wildman–Crippen LogP) is 3.09. The van der Waals surface area contributed by atoms with Gasteiger partial charge in [-0.2, -0.15) is 0 Å². The van der Waals surface area contributed by atoms with Gasteiger partial charge in [0.05, 0.1) is 13.7 Å². The first-order valence-corrected chi connectivity index (χ1v) is 9.12. The van der Waals surface area contributed by atoms with E-state index in [4.69, 9.17) is 4.74 Å². The highest BCUT2D eigenvalue weighted by molar-refractivity contribution is 7.09. The van der Waals surface area contributed by atoms with Gasteiger partial charge < -0.3 is 15.4 Å². The minimum Gasteiger partial charge on any atom is -0.481 e. The van der Waals surface area contributed by atoms with Crippen LogP contribution < -0.4 is 15.4 Å². The number of rotatable bonds is 8. The van der Waals surface area contributed by atoms with Crippen LogP contribution in [0.15, 0.2) is 40.8 Å². The Balaban J connectivity index is 1.87. The number of aliphatic imine (C=N–C) groups is 1. The maximum atomic E-state index is 5.15. The Labute approximate surface area is 148 Å². The third-order valence-corrected chi connectivity index (χ3v) is 4.42. The lowest BCUT2D eigenvalue weighted by molar-refractivity contribution is 0.397. The zero-order chi connectivity index (χ0) is 17.2. The number of methoxy groups -OCH3 is 1. The Morgan fingerprint density at radius 1 is 1.38 bits per heavy atom. The van der Waals surface area contributed by atoms with Gasteiger partial charge in [-0.05, 0) is 42.3 Å². The van der Waals surface area contributed by atoms with Gasteiger partial charge in [0, 0.05) is 30.2 Å². The van der Waals surface area contributed by atoms with Crippen molar-refractivity contribution < 1.29 is 4.74 Å². The molecule has 0 saturated carbocycles. The van der Waals surface area contributed by atoms with E-state index in [-0.39, 0.29) is 0 Å². The molecule has 0 radical (unpaired) electrons. The van der Waals surface area contributed by atoms with E-state index < -0.39 is 0 Å².